The van der Waals surface area contributed by atoms with Gasteiger partial charge in [-0.25, -0.2) is 4.79 Å². The van der Waals surface area contributed by atoms with Gasteiger partial charge >= 0.3 is 5.97 Å². The number of carbonyl (C=O) groups excluding carboxylic acids is 4. The van der Waals surface area contributed by atoms with E-state index in [0.717, 1.165) is 4.88 Å². The zero-order valence-corrected chi connectivity index (χ0v) is 20.7. The van der Waals surface area contributed by atoms with Crippen molar-refractivity contribution in [1.82, 2.24) is 0 Å². The zero-order chi connectivity index (χ0) is 24.7. The Morgan fingerprint density at radius 1 is 1.15 bits per heavy atom. The van der Waals surface area contributed by atoms with Crippen molar-refractivity contribution >= 4 is 51.4 Å². The summed E-state index contributed by atoms with van der Waals surface area (Å²) in [5, 5.41) is 5.99. The minimum atomic E-state index is -1.17. The second-order valence-electron chi connectivity index (χ2n) is 9.53. The molecule has 0 saturated carbocycles. The number of nitrogens with zero attached hydrogens (tertiary/aromatic N) is 1. The minimum absolute atomic E-state index is 0.230. The molecule has 0 atom stereocenters. The Balaban J connectivity index is 1.82. The predicted octanol–water partition coefficient (Wildman–Crippen LogP) is 4.27. The molecule has 0 spiro atoms. The lowest BCUT2D eigenvalue weighted by Gasteiger charge is -2.41. The number of para-hydroxylation sites is 2. The molecule has 1 aromatic carbocycles. The number of aryl methyl sites for hydroxylation is 1. The topological polar surface area (TPSA) is 105 Å². The standard InChI is InChI=1S/C24H29N3O5S/c1-13-14(2)33-19(26-21(30)23(3,4)5)18(13)20(29)32-12-17(28)27-16-11-9-8-10-15(16)25-22(31)24(27,6)7/h8-11H,12H2,1-7H3,(H,25,31)(H,26,30). The summed E-state index contributed by atoms with van der Waals surface area (Å²) in [6.07, 6.45) is 0. The predicted molar refractivity (Wildman–Crippen MR) is 129 cm³/mol. The first-order valence-corrected chi connectivity index (χ1v) is 11.4. The average Bonchev–Trinajstić information content (AvgIpc) is 2.99. The number of rotatable bonds is 4. The molecular weight excluding hydrogens is 442 g/mol. The van der Waals surface area contributed by atoms with Gasteiger partial charge in [-0.1, -0.05) is 32.9 Å². The molecule has 2 heterocycles. The van der Waals surface area contributed by atoms with Crippen LogP contribution in [0.4, 0.5) is 16.4 Å². The molecule has 9 heteroatoms. The highest BCUT2D eigenvalue weighted by Gasteiger charge is 2.43. The first kappa shape index (κ1) is 24.4. The van der Waals surface area contributed by atoms with Crippen LogP contribution in [0.3, 0.4) is 0 Å². The Hall–Kier alpha value is -3.20. The van der Waals surface area contributed by atoms with Crippen molar-refractivity contribution in [3.8, 4) is 0 Å². The fourth-order valence-corrected chi connectivity index (χ4v) is 4.46. The van der Waals surface area contributed by atoms with Gasteiger partial charge in [-0.2, -0.15) is 0 Å². The quantitative estimate of drug-likeness (QED) is 0.648. The molecule has 0 bridgehead atoms. The second kappa shape index (κ2) is 8.62. The number of hydrogen-bond acceptors (Lipinski definition) is 6. The summed E-state index contributed by atoms with van der Waals surface area (Å²) < 4.78 is 5.38. The Morgan fingerprint density at radius 3 is 2.42 bits per heavy atom. The molecular formula is C24H29N3O5S. The van der Waals surface area contributed by atoms with E-state index in [-0.39, 0.29) is 17.4 Å². The summed E-state index contributed by atoms with van der Waals surface area (Å²) in [5.41, 5.74) is 0.153. The van der Waals surface area contributed by atoms with Crippen LogP contribution in [0.1, 0.15) is 55.4 Å². The molecule has 176 valence electrons. The summed E-state index contributed by atoms with van der Waals surface area (Å²) >= 11 is 1.29. The van der Waals surface area contributed by atoms with Gasteiger partial charge in [0.15, 0.2) is 6.61 Å². The lowest BCUT2D eigenvalue weighted by molar-refractivity contribution is -0.128. The molecule has 0 saturated heterocycles. The monoisotopic (exact) mass is 471 g/mol. The van der Waals surface area contributed by atoms with E-state index in [1.54, 1.807) is 65.8 Å². The number of esters is 1. The molecule has 3 amide bonds. The molecule has 3 rings (SSSR count). The number of benzene rings is 1. The molecule has 8 nitrogen and oxygen atoms in total. The van der Waals surface area contributed by atoms with Crippen molar-refractivity contribution < 1.29 is 23.9 Å². The lowest BCUT2D eigenvalue weighted by atomic mass is 9.96. The minimum Gasteiger partial charge on any atom is -0.452 e. The van der Waals surface area contributed by atoms with Crippen molar-refractivity contribution in [3.05, 3.63) is 40.3 Å². The Labute approximate surface area is 197 Å². The summed E-state index contributed by atoms with van der Waals surface area (Å²) in [5.74, 6) is -1.80. The van der Waals surface area contributed by atoms with Crippen molar-refractivity contribution in [3.63, 3.8) is 0 Å². The van der Waals surface area contributed by atoms with E-state index in [4.69, 9.17) is 4.74 Å². The first-order chi connectivity index (χ1) is 15.2. The maximum Gasteiger partial charge on any atom is 0.341 e. The fraction of sp³-hybridized carbons (Fsp3) is 0.417. The number of thiophene rings is 1. The Kier molecular flexibility index (Phi) is 6.39. The van der Waals surface area contributed by atoms with E-state index in [0.29, 0.717) is 21.9 Å². The number of hydrogen-bond donors (Lipinski definition) is 2. The van der Waals surface area contributed by atoms with Crippen LogP contribution in [0.5, 0.6) is 0 Å². The van der Waals surface area contributed by atoms with Gasteiger partial charge in [0.1, 0.15) is 10.5 Å². The van der Waals surface area contributed by atoms with E-state index in [2.05, 4.69) is 10.6 Å². The van der Waals surface area contributed by atoms with Crippen LogP contribution in [-0.4, -0.2) is 35.8 Å². The van der Waals surface area contributed by atoms with Gasteiger partial charge in [0.2, 0.25) is 11.8 Å². The van der Waals surface area contributed by atoms with Crippen LogP contribution >= 0.6 is 11.3 Å². The molecule has 33 heavy (non-hydrogen) atoms. The van der Waals surface area contributed by atoms with Crippen LogP contribution in [-0.2, 0) is 19.1 Å². The fourth-order valence-electron chi connectivity index (χ4n) is 3.41. The molecule has 0 unspecified atom stereocenters. The van der Waals surface area contributed by atoms with E-state index in [1.165, 1.54) is 16.2 Å². The van der Waals surface area contributed by atoms with E-state index in [1.807, 2.05) is 6.92 Å². The van der Waals surface area contributed by atoms with E-state index >= 15 is 0 Å². The van der Waals surface area contributed by atoms with E-state index in [9.17, 15) is 19.2 Å². The van der Waals surface area contributed by atoms with Crippen LogP contribution in [0.2, 0.25) is 0 Å². The molecule has 1 aliphatic rings. The van der Waals surface area contributed by atoms with Crippen LogP contribution in [0.15, 0.2) is 24.3 Å². The highest BCUT2D eigenvalue weighted by Crippen LogP contribution is 2.37. The Morgan fingerprint density at radius 2 is 1.79 bits per heavy atom. The third-order valence-corrected chi connectivity index (χ3v) is 6.70. The normalized spacial score (nSPS) is 14.9. The van der Waals surface area contributed by atoms with Gasteiger partial charge in [0, 0.05) is 10.3 Å². The maximum absolute atomic E-state index is 13.1. The zero-order valence-electron chi connectivity index (χ0n) is 19.9. The third kappa shape index (κ3) is 4.64. The van der Waals surface area contributed by atoms with Crippen molar-refractivity contribution in [2.24, 2.45) is 5.41 Å². The van der Waals surface area contributed by atoms with E-state index < -0.39 is 29.4 Å². The number of carbonyl (C=O) groups is 4. The highest BCUT2D eigenvalue weighted by atomic mass is 32.1. The number of nitrogens with one attached hydrogen (secondary N) is 2. The van der Waals surface area contributed by atoms with Gasteiger partial charge in [-0.05, 0) is 45.4 Å². The molecule has 2 aromatic rings. The summed E-state index contributed by atoms with van der Waals surface area (Å²) in [4.78, 5) is 53.4. The Bertz CT molecular complexity index is 1140. The summed E-state index contributed by atoms with van der Waals surface area (Å²) in [7, 11) is 0. The van der Waals surface area contributed by atoms with Gasteiger partial charge < -0.3 is 15.4 Å². The van der Waals surface area contributed by atoms with Crippen LogP contribution in [0, 0.1) is 19.3 Å². The van der Waals surface area contributed by atoms with Gasteiger partial charge in [-0.15, -0.1) is 11.3 Å². The van der Waals surface area contributed by atoms with Gasteiger partial charge in [-0.3, -0.25) is 19.3 Å². The molecule has 1 aliphatic heterocycles. The van der Waals surface area contributed by atoms with Crippen molar-refractivity contribution in [2.75, 3.05) is 22.1 Å². The SMILES string of the molecule is Cc1sc(NC(=O)C(C)(C)C)c(C(=O)OCC(=O)N2c3ccccc3NC(=O)C2(C)C)c1C. The number of anilines is 3. The highest BCUT2D eigenvalue weighted by molar-refractivity contribution is 7.16. The summed E-state index contributed by atoms with van der Waals surface area (Å²) in [6.45, 7) is 11.7. The van der Waals surface area contributed by atoms with Crippen molar-refractivity contribution in [1.29, 1.82) is 0 Å². The smallest absolute Gasteiger partial charge is 0.341 e. The molecule has 0 aliphatic carbocycles. The molecule has 2 N–H and O–H groups in total. The number of fused-ring (bicyclic) bond motifs is 1. The average molecular weight is 472 g/mol. The van der Waals surface area contributed by atoms with Gasteiger partial charge in [0.05, 0.1) is 16.9 Å². The lowest BCUT2D eigenvalue weighted by Crippen LogP contribution is -2.59. The molecule has 0 fully saturated rings. The van der Waals surface area contributed by atoms with Crippen LogP contribution in [0.25, 0.3) is 0 Å². The summed E-state index contributed by atoms with van der Waals surface area (Å²) in [6, 6.07) is 6.95. The number of amides is 3. The van der Waals surface area contributed by atoms with Crippen molar-refractivity contribution in [2.45, 2.75) is 54.0 Å². The van der Waals surface area contributed by atoms with Crippen LogP contribution < -0.4 is 15.5 Å². The first-order valence-electron chi connectivity index (χ1n) is 10.6. The molecule has 0 radical (unpaired) electrons. The van der Waals surface area contributed by atoms with Gasteiger partial charge in [0.25, 0.3) is 5.91 Å². The third-order valence-electron chi connectivity index (χ3n) is 5.58. The number of ether oxygens (including phenoxy) is 1. The largest absolute Gasteiger partial charge is 0.452 e. The second-order valence-corrected chi connectivity index (χ2v) is 10.8. The molecule has 1 aromatic heterocycles. The maximum atomic E-state index is 13.1.